The molecule has 17 heavy (non-hydrogen) atoms. The summed E-state index contributed by atoms with van der Waals surface area (Å²) in [7, 11) is 0. The van der Waals surface area contributed by atoms with Crippen LogP contribution in [0.5, 0.6) is 0 Å². The van der Waals surface area contributed by atoms with Crippen molar-refractivity contribution in [1.29, 1.82) is 0 Å². The molecule has 1 aromatic heterocycles. The molecule has 1 heterocycles. The van der Waals surface area contributed by atoms with E-state index in [-0.39, 0.29) is 5.54 Å². The Labute approximate surface area is 102 Å². The van der Waals surface area contributed by atoms with Gasteiger partial charge >= 0.3 is 0 Å². The van der Waals surface area contributed by atoms with Crippen LogP contribution in [0.25, 0.3) is 10.9 Å². The first kappa shape index (κ1) is 10.7. The predicted molar refractivity (Wildman–Crippen MR) is 70.7 cm³/mol. The Kier molecular flexibility index (Phi) is 2.60. The van der Waals surface area contributed by atoms with Gasteiger partial charge in [0, 0.05) is 17.1 Å². The Bertz CT molecular complexity index is 527. The third-order valence-electron chi connectivity index (χ3n) is 3.92. The number of rotatable bonds is 1. The molecular weight excluding hydrogens is 208 g/mol. The zero-order valence-corrected chi connectivity index (χ0v) is 10.0. The van der Waals surface area contributed by atoms with Crippen molar-refractivity contribution in [3.05, 3.63) is 42.1 Å². The zero-order chi connectivity index (χ0) is 11.7. The molecule has 1 aliphatic rings. The Balaban J connectivity index is 2.05. The second kappa shape index (κ2) is 4.11. The van der Waals surface area contributed by atoms with Crippen LogP contribution in [0.4, 0.5) is 0 Å². The molecule has 1 fully saturated rings. The Morgan fingerprint density at radius 3 is 2.71 bits per heavy atom. The normalized spacial score (nSPS) is 19.4. The first-order chi connectivity index (χ1) is 8.28. The van der Waals surface area contributed by atoms with Crippen LogP contribution in [0.1, 0.15) is 37.7 Å². The highest BCUT2D eigenvalue weighted by Crippen LogP contribution is 2.35. The smallest absolute Gasteiger partial charge is 0.0702 e. The average Bonchev–Trinajstić information content (AvgIpc) is 2.39. The van der Waals surface area contributed by atoms with Gasteiger partial charge in [0.25, 0.3) is 0 Å². The fourth-order valence-electron chi connectivity index (χ4n) is 2.86. The molecule has 0 unspecified atom stereocenters. The van der Waals surface area contributed by atoms with Crippen LogP contribution in [0.3, 0.4) is 0 Å². The lowest BCUT2D eigenvalue weighted by Crippen LogP contribution is -2.38. The maximum atomic E-state index is 6.55. The monoisotopic (exact) mass is 226 g/mol. The van der Waals surface area contributed by atoms with Crippen molar-refractivity contribution in [2.75, 3.05) is 0 Å². The third-order valence-corrected chi connectivity index (χ3v) is 3.92. The quantitative estimate of drug-likeness (QED) is 0.809. The SMILES string of the molecule is NC1(c2ccc3ncccc3c2)CCCCC1. The van der Waals surface area contributed by atoms with Crippen molar-refractivity contribution in [2.45, 2.75) is 37.6 Å². The van der Waals surface area contributed by atoms with Gasteiger partial charge in [-0.25, -0.2) is 0 Å². The summed E-state index contributed by atoms with van der Waals surface area (Å²) >= 11 is 0. The highest BCUT2D eigenvalue weighted by Gasteiger charge is 2.29. The van der Waals surface area contributed by atoms with Gasteiger partial charge in [0.05, 0.1) is 5.52 Å². The van der Waals surface area contributed by atoms with E-state index in [9.17, 15) is 0 Å². The largest absolute Gasteiger partial charge is 0.321 e. The molecule has 0 radical (unpaired) electrons. The van der Waals surface area contributed by atoms with Crippen LogP contribution < -0.4 is 5.73 Å². The first-order valence-electron chi connectivity index (χ1n) is 6.42. The molecule has 0 saturated heterocycles. The Morgan fingerprint density at radius 2 is 1.88 bits per heavy atom. The number of fused-ring (bicyclic) bond motifs is 1. The van der Waals surface area contributed by atoms with E-state index in [1.54, 1.807) is 0 Å². The van der Waals surface area contributed by atoms with Gasteiger partial charge in [-0.2, -0.15) is 0 Å². The zero-order valence-electron chi connectivity index (χ0n) is 10.0. The van der Waals surface area contributed by atoms with Gasteiger partial charge in [-0.15, -0.1) is 0 Å². The van der Waals surface area contributed by atoms with Gasteiger partial charge in [-0.3, -0.25) is 4.98 Å². The molecule has 0 aliphatic heterocycles. The number of hydrogen-bond acceptors (Lipinski definition) is 2. The minimum absolute atomic E-state index is 0.109. The minimum atomic E-state index is -0.109. The average molecular weight is 226 g/mol. The van der Waals surface area contributed by atoms with E-state index in [0.717, 1.165) is 18.4 Å². The molecule has 2 nitrogen and oxygen atoms in total. The molecule has 88 valence electrons. The second-order valence-electron chi connectivity index (χ2n) is 5.13. The van der Waals surface area contributed by atoms with Crippen molar-refractivity contribution in [1.82, 2.24) is 4.98 Å². The predicted octanol–water partition coefficient (Wildman–Crippen LogP) is 3.35. The molecule has 1 saturated carbocycles. The van der Waals surface area contributed by atoms with Gasteiger partial charge in [-0.05, 0) is 36.6 Å². The number of hydrogen-bond donors (Lipinski definition) is 1. The standard InChI is InChI=1S/C15H18N2/c16-15(8-2-1-3-9-15)13-6-7-14-12(11-13)5-4-10-17-14/h4-7,10-11H,1-3,8-9,16H2. The molecule has 0 atom stereocenters. The Morgan fingerprint density at radius 1 is 1.06 bits per heavy atom. The van der Waals surface area contributed by atoms with Crippen LogP contribution >= 0.6 is 0 Å². The maximum absolute atomic E-state index is 6.55. The fourth-order valence-corrected chi connectivity index (χ4v) is 2.86. The number of pyridine rings is 1. The minimum Gasteiger partial charge on any atom is -0.321 e. The van der Waals surface area contributed by atoms with Gasteiger partial charge in [0.1, 0.15) is 0 Å². The van der Waals surface area contributed by atoms with Crippen LogP contribution in [-0.4, -0.2) is 4.98 Å². The summed E-state index contributed by atoms with van der Waals surface area (Å²) in [5.74, 6) is 0. The van der Waals surface area contributed by atoms with E-state index < -0.39 is 0 Å². The molecule has 1 aromatic carbocycles. The summed E-state index contributed by atoms with van der Waals surface area (Å²) in [5, 5.41) is 1.19. The first-order valence-corrected chi connectivity index (χ1v) is 6.42. The number of benzene rings is 1. The lowest BCUT2D eigenvalue weighted by molar-refractivity contribution is 0.302. The summed E-state index contributed by atoms with van der Waals surface area (Å²) in [6.45, 7) is 0. The van der Waals surface area contributed by atoms with Crippen LogP contribution in [0, 0.1) is 0 Å². The summed E-state index contributed by atoms with van der Waals surface area (Å²) in [4.78, 5) is 4.35. The van der Waals surface area contributed by atoms with Gasteiger partial charge in [-0.1, -0.05) is 31.4 Å². The third kappa shape index (κ3) is 1.93. The molecule has 2 aromatic rings. The molecular formula is C15H18N2. The van der Waals surface area contributed by atoms with E-state index in [2.05, 4.69) is 29.2 Å². The van der Waals surface area contributed by atoms with E-state index in [0.29, 0.717) is 0 Å². The van der Waals surface area contributed by atoms with Gasteiger partial charge < -0.3 is 5.73 Å². The molecule has 2 heteroatoms. The Hall–Kier alpha value is -1.41. The molecule has 0 bridgehead atoms. The van der Waals surface area contributed by atoms with Crippen LogP contribution in [-0.2, 0) is 5.54 Å². The molecule has 0 amide bonds. The number of nitrogens with two attached hydrogens (primary N) is 1. The fraction of sp³-hybridized carbons (Fsp3) is 0.400. The van der Waals surface area contributed by atoms with Crippen LogP contribution in [0.15, 0.2) is 36.5 Å². The van der Waals surface area contributed by atoms with Crippen molar-refractivity contribution >= 4 is 10.9 Å². The number of aromatic nitrogens is 1. The lowest BCUT2D eigenvalue weighted by atomic mass is 9.77. The summed E-state index contributed by atoms with van der Waals surface area (Å²) in [6.07, 6.45) is 7.88. The second-order valence-corrected chi connectivity index (χ2v) is 5.13. The van der Waals surface area contributed by atoms with Crippen LogP contribution in [0.2, 0.25) is 0 Å². The van der Waals surface area contributed by atoms with Crippen molar-refractivity contribution in [3.63, 3.8) is 0 Å². The topological polar surface area (TPSA) is 38.9 Å². The highest BCUT2D eigenvalue weighted by atomic mass is 14.7. The summed E-state index contributed by atoms with van der Waals surface area (Å²) in [5.41, 5.74) is 8.77. The van der Waals surface area contributed by atoms with Crippen molar-refractivity contribution in [3.8, 4) is 0 Å². The molecule has 2 N–H and O–H groups in total. The van der Waals surface area contributed by atoms with E-state index in [1.807, 2.05) is 12.3 Å². The van der Waals surface area contributed by atoms with E-state index in [4.69, 9.17) is 5.73 Å². The van der Waals surface area contributed by atoms with Gasteiger partial charge in [0.15, 0.2) is 0 Å². The molecule has 0 spiro atoms. The number of nitrogens with zero attached hydrogens (tertiary/aromatic N) is 1. The molecule has 1 aliphatic carbocycles. The summed E-state index contributed by atoms with van der Waals surface area (Å²) < 4.78 is 0. The van der Waals surface area contributed by atoms with E-state index >= 15 is 0 Å². The van der Waals surface area contributed by atoms with Gasteiger partial charge in [0.2, 0.25) is 0 Å². The highest BCUT2D eigenvalue weighted by molar-refractivity contribution is 5.79. The van der Waals surface area contributed by atoms with Crippen molar-refractivity contribution < 1.29 is 0 Å². The molecule has 3 rings (SSSR count). The van der Waals surface area contributed by atoms with Crippen molar-refractivity contribution in [2.24, 2.45) is 5.73 Å². The van der Waals surface area contributed by atoms with E-state index in [1.165, 1.54) is 30.2 Å². The maximum Gasteiger partial charge on any atom is 0.0702 e. The lowest BCUT2D eigenvalue weighted by Gasteiger charge is -2.34. The summed E-state index contributed by atoms with van der Waals surface area (Å²) in [6, 6.07) is 10.6.